The Morgan fingerprint density at radius 2 is 2.12 bits per heavy atom. The van der Waals surface area contributed by atoms with Crippen LogP contribution in [0.15, 0.2) is 35.8 Å². The fourth-order valence-electron chi connectivity index (χ4n) is 2.36. The fraction of sp³-hybridized carbons (Fsp3) is 0.235. The monoisotopic (exact) mass is 342 g/mol. The fourth-order valence-corrected chi connectivity index (χ4v) is 3.01. The van der Waals surface area contributed by atoms with Crippen LogP contribution in [0.4, 0.5) is 0 Å². The Labute approximate surface area is 143 Å². The Hall–Kier alpha value is -2.67. The first-order valence-corrected chi connectivity index (χ1v) is 8.42. The maximum absolute atomic E-state index is 12.4. The van der Waals surface area contributed by atoms with Gasteiger partial charge in [-0.1, -0.05) is 0 Å². The lowest BCUT2D eigenvalue weighted by atomic mass is 10.1. The molecule has 24 heavy (non-hydrogen) atoms. The van der Waals surface area contributed by atoms with Crippen LogP contribution < -0.4 is 10.1 Å². The van der Waals surface area contributed by atoms with Gasteiger partial charge >= 0.3 is 0 Å². The third kappa shape index (κ3) is 3.62. The van der Waals surface area contributed by atoms with E-state index >= 15 is 0 Å². The van der Waals surface area contributed by atoms with Crippen molar-refractivity contribution in [1.82, 2.24) is 20.5 Å². The number of carbonyl (C=O) groups excluding carboxylic acids is 1. The topological polar surface area (TPSA) is 79.9 Å². The number of aromatic nitrogens is 3. The summed E-state index contributed by atoms with van der Waals surface area (Å²) in [7, 11) is 1.62. The van der Waals surface area contributed by atoms with E-state index in [0.29, 0.717) is 24.2 Å². The highest BCUT2D eigenvalue weighted by Gasteiger charge is 2.15. The molecule has 2 N–H and O–H groups in total. The van der Waals surface area contributed by atoms with Crippen molar-refractivity contribution in [3.05, 3.63) is 52.1 Å². The normalized spacial score (nSPS) is 10.6. The number of aryl methyl sites for hydroxylation is 1. The SMILES string of the molecule is COc1ccc(-c2[nH]ncc2C(=O)NCCc2csc(C)n2)cc1. The summed E-state index contributed by atoms with van der Waals surface area (Å²) in [6, 6.07) is 7.48. The molecule has 3 aromatic rings. The number of carbonyl (C=O) groups is 1. The predicted molar refractivity (Wildman–Crippen MR) is 93.5 cm³/mol. The summed E-state index contributed by atoms with van der Waals surface area (Å²) in [5.41, 5.74) is 3.10. The van der Waals surface area contributed by atoms with Crippen molar-refractivity contribution in [1.29, 1.82) is 0 Å². The first-order chi connectivity index (χ1) is 11.7. The number of nitrogens with zero attached hydrogens (tertiary/aromatic N) is 2. The predicted octanol–water partition coefficient (Wildman–Crippen LogP) is 2.82. The van der Waals surface area contributed by atoms with Crippen LogP contribution in [0, 0.1) is 6.92 Å². The van der Waals surface area contributed by atoms with Crippen LogP contribution in [0.1, 0.15) is 21.1 Å². The summed E-state index contributed by atoms with van der Waals surface area (Å²) in [5, 5.41) is 12.9. The first kappa shape index (κ1) is 16.2. The van der Waals surface area contributed by atoms with Gasteiger partial charge in [0.2, 0.25) is 0 Å². The number of amides is 1. The summed E-state index contributed by atoms with van der Waals surface area (Å²) < 4.78 is 5.15. The molecule has 0 spiro atoms. The van der Waals surface area contributed by atoms with Gasteiger partial charge in [-0.15, -0.1) is 11.3 Å². The Kier molecular flexibility index (Phi) is 4.90. The molecule has 0 aliphatic heterocycles. The average Bonchev–Trinajstić information content (AvgIpc) is 3.24. The summed E-state index contributed by atoms with van der Waals surface area (Å²) in [5.74, 6) is 0.615. The van der Waals surface area contributed by atoms with E-state index in [9.17, 15) is 4.79 Å². The largest absolute Gasteiger partial charge is 0.497 e. The number of rotatable bonds is 6. The molecule has 0 unspecified atom stereocenters. The van der Waals surface area contributed by atoms with Crippen LogP contribution in [-0.4, -0.2) is 34.7 Å². The molecular formula is C17H18N4O2S. The summed E-state index contributed by atoms with van der Waals surface area (Å²) >= 11 is 1.61. The number of hydrogen-bond acceptors (Lipinski definition) is 5. The van der Waals surface area contributed by atoms with Gasteiger partial charge in [-0.25, -0.2) is 4.98 Å². The second-order valence-corrected chi connectivity index (χ2v) is 6.31. The van der Waals surface area contributed by atoms with Crippen molar-refractivity contribution >= 4 is 17.2 Å². The maximum Gasteiger partial charge on any atom is 0.255 e. The molecular weight excluding hydrogens is 324 g/mol. The highest BCUT2D eigenvalue weighted by molar-refractivity contribution is 7.09. The number of aromatic amines is 1. The van der Waals surface area contributed by atoms with Crippen LogP contribution >= 0.6 is 11.3 Å². The summed E-state index contributed by atoms with van der Waals surface area (Å²) in [4.78, 5) is 16.8. The number of hydrogen-bond donors (Lipinski definition) is 2. The molecule has 3 rings (SSSR count). The van der Waals surface area contributed by atoms with Crippen molar-refractivity contribution in [3.63, 3.8) is 0 Å². The van der Waals surface area contributed by atoms with E-state index < -0.39 is 0 Å². The molecule has 6 nitrogen and oxygen atoms in total. The molecule has 2 heterocycles. The van der Waals surface area contributed by atoms with Crippen LogP contribution in [0.3, 0.4) is 0 Å². The van der Waals surface area contributed by atoms with Gasteiger partial charge in [-0.3, -0.25) is 9.89 Å². The van der Waals surface area contributed by atoms with Gasteiger partial charge < -0.3 is 10.1 Å². The van der Waals surface area contributed by atoms with E-state index in [-0.39, 0.29) is 5.91 Å². The minimum Gasteiger partial charge on any atom is -0.497 e. The summed E-state index contributed by atoms with van der Waals surface area (Å²) in [6.45, 7) is 2.51. The summed E-state index contributed by atoms with van der Waals surface area (Å²) in [6.07, 6.45) is 2.26. The quantitative estimate of drug-likeness (QED) is 0.722. The highest BCUT2D eigenvalue weighted by atomic mass is 32.1. The molecule has 0 atom stereocenters. The number of benzene rings is 1. The van der Waals surface area contributed by atoms with Gasteiger partial charge in [0, 0.05) is 23.9 Å². The van der Waals surface area contributed by atoms with E-state index in [1.807, 2.05) is 36.6 Å². The van der Waals surface area contributed by atoms with Crippen LogP contribution in [0.25, 0.3) is 11.3 Å². The Morgan fingerprint density at radius 3 is 2.79 bits per heavy atom. The second kappa shape index (κ2) is 7.27. The van der Waals surface area contributed by atoms with Gasteiger partial charge in [0.15, 0.2) is 0 Å². The van der Waals surface area contributed by atoms with E-state index in [2.05, 4.69) is 20.5 Å². The molecule has 124 valence electrons. The molecule has 0 aliphatic rings. The zero-order valence-corrected chi connectivity index (χ0v) is 14.3. The average molecular weight is 342 g/mol. The molecule has 7 heteroatoms. The smallest absolute Gasteiger partial charge is 0.255 e. The number of methoxy groups -OCH3 is 1. The van der Waals surface area contributed by atoms with Crippen molar-refractivity contribution in [3.8, 4) is 17.0 Å². The number of nitrogens with one attached hydrogen (secondary N) is 2. The van der Waals surface area contributed by atoms with Crippen molar-refractivity contribution < 1.29 is 9.53 Å². The van der Waals surface area contributed by atoms with Crippen molar-refractivity contribution in [2.24, 2.45) is 0 Å². The zero-order chi connectivity index (χ0) is 16.9. The molecule has 1 aromatic carbocycles. The number of ether oxygens (including phenoxy) is 1. The van der Waals surface area contributed by atoms with Gasteiger partial charge in [0.1, 0.15) is 5.75 Å². The third-order valence-corrected chi connectivity index (χ3v) is 4.42. The zero-order valence-electron chi connectivity index (χ0n) is 13.5. The molecule has 0 saturated heterocycles. The lowest BCUT2D eigenvalue weighted by molar-refractivity contribution is 0.0955. The van der Waals surface area contributed by atoms with Gasteiger partial charge in [0.05, 0.1) is 35.3 Å². The highest BCUT2D eigenvalue weighted by Crippen LogP contribution is 2.23. The molecule has 0 bridgehead atoms. The van der Waals surface area contributed by atoms with Gasteiger partial charge in [0.25, 0.3) is 5.91 Å². The van der Waals surface area contributed by atoms with Gasteiger partial charge in [-0.2, -0.15) is 5.10 Å². The Bertz CT molecular complexity index is 823. The van der Waals surface area contributed by atoms with E-state index in [0.717, 1.165) is 22.0 Å². The van der Waals surface area contributed by atoms with E-state index in [1.165, 1.54) is 0 Å². The second-order valence-electron chi connectivity index (χ2n) is 5.25. The first-order valence-electron chi connectivity index (χ1n) is 7.54. The Morgan fingerprint density at radius 1 is 1.33 bits per heavy atom. The molecule has 1 amide bonds. The van der Waals surface area contributed by atoms with Crippen LogP contribution in [0.2, 0.25) is 0 Å². The molecule has 0 radical (unpaired) electrons. The van der Waals surface area contributed by atoms with E-state index in [4.69, 9.17) is 4.74 Å². The number of H-pyrrole nitrogens is 1. The standard InChI is InChI=1S/C17H18N4O2S/c1-11-20-13(10-24-11)7-8-18-17(22)15-9-19-21-16(15)12-3-5-14(23-2)6-4-12/h3-6,9-10H,7-8H2,1-2H3,(H,18,22)(H,19,21). The lowest BCUT2D eigenvalue weighted by Gasteiger charge is -2.06. The van der Waals surface area contributed by atoms with Crippen molar-refractivity contribution in [2.75, 3.05) is 13.7 Å². The minimum absolute atomic E-state index is 0.151. The van der Waals surface area contributed by atoms with Crippen molar-refractivity contribution in [2.45, 2.75) is 13.3 Å². The molecule has 0 fully saturated rings. The molecule has 2 aromatic heterocycles. The van der Waals surface area contributed by atoms with Crippen LogP contribution in [0.5, 0.6) is 5.75 Å². The Balaban J connectivity index is 1.66. The maximum atomic E-state index is 12.4. The van der Waals surface area contributed by atoms with E-state index in [1.54, 1.807) is 24.6 Å². The third-order valence-electron chi connectivity index (χ3n) is 3.60. The van der Waals surface area contributed by atoms with Crippen LogP contribution in [-0.2, 0) is 6.42 Å². The lowest BCUT2D eigenvalue weighted by Crippen LogP contribution is -2.25. The van der Waals surface area contributed by atoms with Gasteiger partial charge in [-0.05, 0) is 31.2 Å². The molecule has 0 aliphatic carbocycles. The minimum atomic E-state index is -0.151. The number of thiazole rings is 1. The molecule has 0 saturated carbocycles.